The molecule has 0 atom stereocenters. The van der Waals surface area contributed by atoms with Gasteiger partial charge < -0.3 is 15.4 Å². The number of methoxy groups -OCH3 is 1. The average molecular weight is 418 g/mol. The van der Waals surface area contributed by atoms with E-state index >= 15 is 0 Å². The average Bonchev–Trinajstić information content (AvgIpc) is 2.68. The maximum atomic E-state index is 12.0. The van der Waals surface area contributed by atoms with Gasteiger partial charge in [0.05, 0.1) is 6.61 Å². The first-order valence-electron chi connectivity index (χ1n) is 8.41. The number of amides is 2. The van der Waals surface area contributed by atoms with Crippen molar-refractivity contribution in [2.45, 2.75) is 0 Å². The Labute approximate surface area is 173 Å². The summed E-state index contributed by atoms with van der Waals surface area (Å²) in [6.07, 6.45) is 2.96. The molecule has 0 aliphatic heterocycles. The third-order valence-corrected chi connectivity index (χ3v) is 4.10. The van der Waals surface area contributed by atoms with E-state index in [0.717, 1.165) is 5.56 Å². The van der Waals surface area contributed by atoms with Gasteiger partial charge in [-0.3, -0.25) is 14.9 Å². The van der Waals surface area contributed by atoms with Gasteiger partial charge in [-0.1, -0.05) is 29.8 Å². The molecule has 2 aromatic carbocycles. The van der Waals surface area contributed by atoms with Crippen LogP contribution in [0.5, 0.6) is 0 Å². The van der Waals surface area contributed by atoms with E-state index in [1.807, 2.05) is 12.1 Å². The quantitative estimate of drug-likeness (QED) is 0.366. The van der Waals surface area contributed by atoms with E-state index in [9.17, 15) is 9.59 Å². The molecule has 0 heterocycles. The molecule has 0 spiro atoms. The summed E-state index contributed by atoms with van der Waals surface area (Å²) in [6.45, 7) is 0.886. The molecule has 6 nitrogen and oxygen atoms in total. The second-order valence-electron chi connectivity index (χ2n) is 5.62. The minimum absolute atomic E-state index is 0.145. The molecular formula is C20H20ClN3O3S. The van der Waals surface area contributed by atoms with Gasteiger partial charge in [0.15, 0.2) is 5.11 Å². The first kappa shape index (κ1) is 21.6. The minimum atomic E-state index is -0.383. The Hall–Kier alpha value is -2.74. The number of rotatable bonds is 7. The molecule has 28 heavy (non-hydrogen) atoms. The number of carbonyl (C=O) groups excluding carboxylic acids is 2. The maximum Gasteiger partial charge on any atom is 0.251 e. The highest BCUT2D eigenvalue weighted by molar-refractivity contribution is 7.80. The van der Waals surface area contributed by atoms with E-state index in [-0.39, 0.29) is 16.9 Å². The van der Waals surface area contributed by atoms with Crippen molar-refractivity contribution in [3.05, 3.63) is 70.8 Å². The summed E-state index contributed by atoms with van der Waals surface area (Å²) in [6, 6.07) is 13.9. The van der Waals surface area contributed by atoms with Crippen molar-refractivity contribution >= 4 is 52.5 Å². The van der Waals surface area contributed by atoms with Gasteiger partial charge in [-0.05, 0) is 54.2 Å². The summed E-state index contributed by atoms with van der Waals surface area (Å²) in [4.78, 5) is 23.9. The van der Waals surface area contributed by atoms with Gasteiger partial charge in [0.1, 0.15) is 0 Å². The van der Waals surface area contributed by atoms with Crippen molar-refractivity contribution in [2.24, 2.45) is 0 Å². The van der Waals surface area contributed by atoms with E-state index in [0.29, 0.717) is 29.4 Å². The van der Waals surface area contributed by atoms with E-state index in [1.165, 1.54) is 6.08 Å². The van der Waals surface area contributed by atoms with Crippen LogP contribution in [-0.2, 0) is 9.53 Å². The number of nitrogens with one attached hydrogen (secondary N) is 3. The zero-order chi connectivity index (χ0) is 20.4. The molecular weight excluding hydrogens is 398 g/mol. The van der Waals surface area contributed by atoms with Crippen molar-refractivity contribution in [1.82, 2.24) is 10.6 Å². The van der Waals surface area contributed by atoms with E-state index < -0.39 is 0 Å². The first-order chi connectivity index (χ1) is 13.5. The molecule has 0 aliphatic rings. The van der Waals surface area contributed by atoms with Gasteiger partial charge in [-0.15, -0.1) is 0 Å². The van der Waals surface area contributed by atoms with Crippen LogP contribution in [-0.4, -0.2) is 37.2 Å². The van der Waals surface area contributed by atoms with E-state index in [1.54, 1.807) is 49.6 Å². The van der Waals surface area contributed by atoms with Crippen LogP contribution in [0.25, 0.3) is 6.08 Å². The van der Waals surface area contributed by atoms with Crippen LogP contribution in [0.15, 0.2) is 54.6 Å². The lowest BCUT2D eigenvalue weighted by molar-refractivity contribution is -0.115. The smallest absolute Gasteiger partial charge is 0.251 e. The van der Waals surface area contributed by atoms with Crippen LogP contribution in [0, 0.1) is 0 Å². The lowest BCUT2D eigenvalue weighted by atomic mass is 10.2. The van der Waals surface area contributed by atoms with Crippen LogP contribution >= 0.6 is 23.8 Å². The Morgan fingerprint density at radius 2 is 1.86 bits per heavy atom. The fourth-order valence-electron chi connectivity index (χ4n) is 2.17. The number of hydrogen-bond acceptors (Lipinski definition) is 4. The molecule has 2 amide bonds. The third-order valence-electron chi connectivity index (χ3n) is 3.55. The summed E-state index contributed by atoms with van der Waals surface area (Å²) >= 11 is 11.2. The van der Waals surface area contributed by atoms with Gasteiger partial charge in [0, 0.05) is 36.0 Å². The molecule has 0 radical (unpaired) electrons. The highest BCUT2D eigenvalue weighted by atomic mass is 35.5. The minimum Gasteiger partial charge on any atom is -0.383 e. The predicted molar refractivity (Wildman–Crippen MR) is 116 cm³/mol. The predicted octanol–water partition coefficient (Wildman–Crippen LogP) is 3.24. The monoisotopic (exact) mass is 417 g/mol. The second kappa shape index (κ2) is 11.2. The summed E-state index contributed by atoms with van der Waals surface area (Å²) in [7, 11) is 1.57. The number of anilines is 1. The topological polar surface area (TPSA) is 79.5 Å². The number of thiocarbonyl (C=S) groups is 1. The molecule has 0 unspecified atom stereocenters. The maximum absolute atomic E-state index is 12.0. The van der Waals surface area contributed by atoms with Gasteiger partial charge in [0.25, 0.3) is 5.91 Å². The largest absolute Gasteiger partial charge is 0.383 e. The highest BCUT2D eigenvalue weighted by Gasteiger charge is 2.06. The van der Waals surface area contributed by atoms with Gasteiger partial charge >= 0.3 is 0 Å². The Balaban J connectivity index is 1.84. The number of ether oxygens (including phenoxy) is 1. The summed E-state index contributed by atoms with van der Waals surface area (Å²) in [5.74, 6) is -0.573. The lowest BCUT2D eigenvalue weighted by Gasteiger charge is -2.09. The summed E-state index contributed by atoms with van der Waals surface area (Å²) in [5, 5.41) is 8.87. The molecule has 0 saturated heterocycles. The van der Waals surface area contributed by atoms with Crippen molar-refractivity contribution in [3.63, 3.8) is 0 Å². The first-order valence-corrected chi connectivity index (χ1v) is 9.20. The molecule has 0 aliphatic carbocycles. The molecule has 3 N–H and O–H groups in total. The Morgan fingerprint density at radius 1 is 1.14 bits per heavy atom. The van der Waals surface area contributed by atoms with Crippen LogP contribution in [0.3, 0.4) is 0 Å². The molecule has 2 rings (SSSR count). The fraction of sp³-hybridized carbons (Fsp3) is 0.150. The summed E-state index contributed by atoms with van der Waals surface area (Å²) in [5.41, 5.74) is 1.89. The van der Waals surface area contributed by atoms with Crippen LogP contribution in [0.1, 0.15) is 15.9 Å². The van der Waals surface area contributed by atoms with Crippen LogP contribution in [0.4, 0.5) is 5.69 Å². The number of halogens is 1. The zero-order valence-electron chi connectivity index (χ0n) is 15.2. The molecule has 0 saturated carbocycles. The van der Waals surface area contributed by atoms with Crippen LogP contribution < -0.4 is 16.0 Å². The number of benzene rings is 2. The van der Waals surface area contributed by atoms with Crippen molar-refractivity contribution in [1.29, 1.82) is 0 Å². The lowest BCUT2D eigenvalue weighted by Crippen LogP contribution is -2.32. The molecule has 2 aromatic rings. The fourth-order valence-corrected chi connectivity index (χ4v) is 2.58. The van der Waals surface area contributed by atoms with Crippen LogP contribution in [0.2, 0.25) is 5.02 Å². The van der Waals surface area contributed by atoms with Gasteiger partial charge in [0.2, 0.25) is 5.91 Å². The molecule has 146 valence electrons. The normalized spacial score (nSPS) is 10.5. The zero-order valence-corrected chi connectivity index (χ0v) is 16.8. The molecule has 8 heteroatoms. The molecule has 0 fully saturated rings. The molecule has 0 aromatic heterocycles. The van der Waals surface area contributed by atoms with Gasteiger partial charge in [-0.25, -0.2) is 0 Å². The van der Waals surface area contributed by atoms with E-state index in [2.05, 4.69) is 16.0 Å². The van der Waals surface area contributed by atoms with Crippen molar-refractivity contribution in [3.8, 4) is 0 Å². The van der Waals surface area contributed by atoms with Crippen molar-refractivity contribution in [2.75, 3.05) is 25.6 Å². The molecule has 0 bridgehead atoms. The third kappa shape index (κ3) is 7.11. The SMILES string of the molecule is COCCNC(=O)c1ccc(NC(=S)NC(=O)/C=C/c2ccccc2Cl)cc1. The Bertz CT molecular complexity index is 869. The highest BCUT2D eigenvalue weighted by Crippen LogP contribution is 2.16. The second-order valence-corrected chi connectivity index (χ2v) is 6.44. The Morgan fingerprint density at radius 3 is 2.54 bits per heavy atom. The Kier molecular flexibility index (Phi) is 8.61. The van der Waals surface area contributed by atoms with Gasteiger partial charge in [-0.2, -0.15) is 0 Å². The number of hydrogen-bond donors (Lipinski definition) is 3. The standard InChI is InChI=1S/C20H20ClN3O3S/c1-27-13-12-22-19(26)15-6-9-16(10-7-15)23-20(28)24-18(25)11-8-14-4-2-3-5-17(14)21/h2-11H,12-13H2,1H3,(H,22,26)(H2,23,24,25,28)/b11-8+. The van der Waals surface area contributed by atoms with Crippen molar-refractivity contribution < 1.29 is 14.3 Å². The van der Waals surface area contributed by atoms with E-state index in [4.69, 9.17) is 28.6 Å². The summed E-state index contributed by atoms with van der Waals surface area (Å²) < 4.78 is 4.89. The number of carbonyl (C=O) groups is 2.